The second kappa shape index (κ2) is 9.48. The minimum Gasteiger partial charge on any atom is -0.367 e. The Morgan fingerprint density at radius 1 is 1.11 bits per heavy atom. The van der Waals surface area contributed by atoms with E-state index in [4.69, 9.17) is 0 Å². The number of nitro groups is 1. The number of nitrogens with zero attached hydrogens (tertiary/aromatic N) is 3. The van der Waals surface area contributed by atoms with Gasteiger partial charge in [-0.25, -0.2) is 9.69 Å². The summed E-state index contributed by atoms with van der Waals surface area (Å²) in [6.07, 6.45) is 2.98. The first-order chi connectivity index (χ1) is 16.7. The molecule has 1 fully saturated rings. The Kier molecular flexibility index (Phi) is 6.60. The van der Waals surface area contributed by atoms with Crippen molar-refractivity contribution < 1.29 is 19.3 Å². The summed E-state index contributed by atoms with van der Waals surface area (Å²) in [6.45, 7) is 6.50. The smallest absolute Gasteiger partial charge is 0.335 e. The van der Waals surface area contributed by atoms with Crippen LogP contribution in [-0.2, 0) is 16.0 Å². The summed E-state index contributed by atoms with van der Waals surface area (Å²) in [5.41, 5.74) is 0.924. The van der Waals surface area contributed by atoms with Crippen LogP contribution in [0.4, 0.5) is 21.9 Å². The van der Waals surface area contributed by atoms with Crippen LogP contribution in [0.25, 0.3) is 0 Å². The number of non-ortho nitro benzene ring substituents is 1. The van der Waals surface area contributed by atoms with E-state index in [-0.39, 0.29) is 12.1 Å². The SMILES string of the molecule is CCCCN1c2ccc([N+](=O)[O-])cc2C[C@@]2(C(=O)NC(=O)N(c3cccc(C)c3)C2=O)[C@@H]1CCC. The van der Waals surface area contributed by atoms with Gasteiger partial charge in [0.15, 0.2) is 5.41 Å². The largest absolute Gasteiger partial charge is 0.367 e. The lowest BCUT2D eigenvalue weighted by atomic mass is 9.67. The summed E-state index contributed by atoms with van der Waals surface area (Å²) in [4.78, 5) is 54.9. The standard InChI is InChI=1S/C26H30N4O5/c1-4-6-13-28-21-12-11-20(30(34)35)15-18(21)16-26(22(28)8-5-2)23(31)27-25(33)29(24(26)32)19-10-7-9-17(3)14-19/h7,9-12,14-15,22H,4-6,8,13,16H2,1-3H3,(H,27,31,33)/t22-,26-/m0/s1. The van der Waals surface area contributed by atoms with Crippen LogP contribution in [0.5, 0.6) is 0 Å². The molecule has 2 aromatic rings. The fourth-order valence-electron chi connectivity index (χ4n) is 5.34. The molecule has 1 spiro atoms. The van der Waals surface area contributed by atoms with E-state index in [1.54, 1.807) is 24.3 Å². The summed E-state index contributed by atoms with van der Waals surface area (Å²) >= 11 is 0. The molecule has 184 valence electrons. The lowest BCUT2D eigenvalue weighted by Gasteiger charge is -2.52. The van der Waals surface area contributed by atoms with Crippen molar-refractivity contribution in [2.45, 2.75) is 58.9 Å². The molecule has 9 heteroatoms. The van der Waals surface area contributed by atoms with Crippen LogP contribution in [0.2, 0.25) is 0 Å². The first kappa shape index (κ1) is 24.4. The lowest BCUT2D eigenvalue weighted by molar-refractivity contribution is -0.384. The molecular weight excluding hydrogens is 448 g/mol. The zero-order chi connectivity index (χ0) is 25.3. The van der Waals surface area contributed by atoms with Crippen molar-refractivity contribution in [3.63, 3.8) is 0 Å². The number of barbiturate groups is 1. The minimum absolute atomic E-state index is 0.0163. The monoisotopic (exact) mass is 478 g/mol. The van der Waals surface area contributed by atoms with Gasteiger partial charge in [-0.05, 0) is 49.1 Å². The van der Waals surface area contributed by atoms with E-state index >= 15 is 0 Å². The molecule has 4 amide bonds. The van der Waals surface area contributed by atoms with Gasteiger partial charge in [0.25, 0.3) is 11.6 Å². The maximum Gasteiger partial charge on any atom is 0.335 e. The Hall–Kier alpha value is -3.75. The fraction of sp³-hybridized carbons (Fsp3) is 0.423. The minimum atomic E-state index is -1.59. The van der Waals surface area contributed by atoms with E-state index in [9.17, 15) is 24.5 Å². The van der Waals surface area contributed by atoms with Gasteiger partial charge in [-0.3, -0.25) is 25.0 Å². The number of aryl methyl sites for hydroxylation is 1. The molecule has 0 radical (unpaired) electrons. The average molecular weight is 479 g/mol. The van der Waals surface area contributed by atoms with Gasteiger partial charge in [0.2, 0.25) is 5.91 Å². The number of benzene rings is 2. The van der Waals surface area contributed by atoms with Gasteiger partial charge in [-0.2, -0.15) is 0 Å². The summed E-state index contributed by atoms with van der Waals surface area (Å²) in [6, 6.07) is 10.4. The second-order valence-electron chi connectivity index (χ2n) is 9.31. The molecular formula is C26H30N4O5. The quantitative estimate of drug-likeness (QED) is 0.356. The highest BCUT2D eigenvalue weighted by molar-refractivity contribution is 6.30. The van der Waals surface area contributed by atoms with Crippen molar-refractivity contribution >= 4 is 34.9 Å². The molecule has 2 aliphatic rings. The number of nitrogens with one attached hydrogen (secondary N) is 1. The molecule has 35 heavy (non-hydrogen) atoms. The summed E-state index contributed by atoms with van der Waals surface area (Å²) in [5, 5.41) is 13.9. The van der Waals surface area contributed by atoms with Crippen molar-refractivity contribution in [3.05, 3.63) is 63.7 Å². The molecule has 2 aromatic carbocycles. The van der Waals surface area contributed by atoms with Crippen LogP contribution in [0.3, 0.4) is 0 Å². The third-order valence-electron chi connectivity index (χ3n) is 6.99. The molecule has 2 aliphatic heterocycles. The van der Waals surface area contributed by atoms with E-state index in [0.29, 0.717) is 24.2 Å². The third-order valence-corrected chi connectivity index (χ3v) is 6.99. The number of hydrogen-bond acceptors (Lipinski definition) is 6. The van der Waals surface area contributed by atoms with Crippen LogP contribution >= 0.6 is 0 Å². The van der Waals surface area contributed by atoms with Crippen LogP contribution in [-0.4, -0.2) is 35.4 Å². The first-order valence-electron chi connectivity index (χ1n) is 12.0. The molecule has 0 aliphatic carbocycles. The van der Waals surface area contributed by atoms with Gasteiger partial charge in [-0.15, -0.1) is 0 Å². The van der Waals surface area contributed by atoms with Crippen molar-refractivity contribution in [1.29, 1.82) is 0 Å². The predicted molar refractivity (Wildman–Crippen MR) is 132 cm³/mol. The maximum absolute atomic E-state index is 14.3. The Morgan fingerprint density at radius 3 is 2.54 bits per heavy atom. The zero-order valence-corrected chi connectivity index (χ0v) is 20.2. The Balaban J connectivity index is 1.92. The number of fused-ring (bicyclic) bond motifs is 1. The van der Waals surface area contributed by atoms with Crippen LogP contribution in [0.1, 0.15) is 50.7 Å². The number of imide groups is 2. The van der Waals surface area contributed by atoms with Crippen molar-refractivity contribution in [2.75, 3.05) is 16.3 Å². The molecule has 1 N–H and O–H groups in total. The normalized spacial score (nSPS) is 21.8. The van der Waals surface area contributed by atoms with Gasteiger partial charge >= 0.3 is 6.03 Å². The third kappa shape index (κ3) is 4.05. The van der Waals surface area contributed by atoms with Gasteiger partial charge < -0.3 is 4.90 Å². The van der Waals surface area contributed by atoms with Gasteiger partial charge in [-0.1, -0.05) is 38.8 Å². The molecule has 9 nitrogen and oxygen atoms in total. The highest BCUT2D eigenvalue weighted by Gasteiger charge is 2.62. The Bertz CT molecular complexity index is 1200. The molecule has 0 unspecified atom stereocenters. The number of amides is 4. The number of rotatable bonds is 7. The zero-order valence-electron chi connectivity index (χ0n) is 20.2. The van der Waals surface area contributed by atoms with Crippen molar-refractivity contribution in [2.24, 2.45) is 5.41 Å². The predicted octanol–water partition coefficient (Wildman–Crippen LogP) is 4.50. The lowest BCUT2D eigenvalue weighted by Crippen LogP contribution is -2.72. The number of nitro benzene ring substituents is 1. The molecule has 0 saturated carbocycles. The molecule has 0 aromatic heterocycles. The number of carbonyl (C=O) groups is 3. The topological polar surface area (TPSA) is 113 Å². The molecule has 1 saturated heterocycles. The summed E-state index contributed by atoms with van der Waals surface area (Å²) < 4.78 is 0. The van der Waals surface area contributed by atoms with Gasteiger partial charge in [0.1, 0.15) is 0 Å². The molecule has 0 bridgehead atoms. The highest BCUT2D eigenvalue weighted by atomic mass is 16.6. The molecule has 4 rings (SSSR count). The summed E-state index contributed by atoms with van der Waals surface area (Å²) in [7, 11) is 0. The maximum atomic E-state index is 14.3. The summed E-state index contributed by atoms with van der Waals surface area (Å²) in [5.74, 6) is -1.23. The van der Waals surface area contributed by atoms with Crippen molar-refractivity contribution in [3.8, 4) is 0 Å². The van der Waals surface area contributed by atoms with E-state index in [1.165, 1.54) is 12.1 Å². The first-order valence-corrected chi connectivity index (χ1v) is 12.0. The van der Waals surface area contributed by atoms with Gasteiger partial charge in [0.05, 0.1) is 16.7 Å². The van der Waals surface area contributed by atoms with Crippen LogP contribution < -0.4 is 15.1 Å². The van der Waals surface area contributed by atoms with E-state index < -0.39 is 34.2 Å². The molecule has 2 atom stereocenters. The second-order valence-corrected chi connectivity index (χ2v) is 9.31. The van der Waals surface area contributed by atoms with E-state index in [2.05, 4.69) is 17.1 Å². The fourth-order valence-corrected chi connectivity index (χ4v) is 5.34. The van der Waals surface area contributed by atoms with Crippen molar-refractivity contribution in [1.82, 2.24) is 5.32 Å². The van der Waals surface area contributed by atoms with Crippen LogP contribution in [0, 0.1) is 22.5 Å². The number of carbonyl (C=O) groups excluding carboxylic acids is 3. The number of hydrogen-bond donors (Lipinski definition) is 1. The average Bonchev–Trinajstić information content (AvgIpc) is 2.82. The number of unbranched alkanes of at least 4 members (excludes halogenated alkanes) is 1. The molecule has 2 heterocycles. The van der Waals surface area contributed by atoms with E-state index in [1.807, 2.05) is 19.9 Å². The van der Waals surface area contributed by atoms with Crippen LogP contribution in [0.15, 0.2) is 42.5 Å². The van der Waals surface area contributed by atoms with E-state index in [0.717, 1.165) is 35.4 Å². The number of urea groups is 1. The van der Waals surface area contributed by atoms with Gasteiger partial charge in [0, 0.05) is 30.8 Å². The Labute approximate surface area is 204 Å². The highest BCUT2D eigenvalue weighted by Crippen LogP contribution is 2.47. The number of anilines is 2. The Morgan fingerprint density at radius 2 is 1.89 bits per heavy atom.